The van der Waals surface area contributed by atoms with Crippen LogP contribution < -0.4 is 0 Å². The highest BCUT2D eigenvalue weighted by atomic mass is 16.6. The molecule has 3 aliphatic rings. The second-order valence-corrected chi connectivity index (χ2v) is 3.99. The van der Waals surface area contributed by atoms with Crippen LogP contribution in [-0.4, -0.2) is 47.4 Å². The Morgan fingerprint density at radius 1 is 1.27 bits per heavy atom. The first-order valence-corrected chi connectivity index (χ1v) is 4.33. The molecule has 3 heteroatoms. The number of hydrogen-bond acceptors (Lipinski definition) is 3. The Bertz CT molecular complexity index is 179. The summed E-state index contributed by atoms with van der Waals surface area (Å²) in [5.74, 6) is 0. The number of nitrogens with zero attached hydrogens (tertiary/aromatic N) is 1. The van der Waals surface area contributed by atoms with Crippen LogP contribution in [0.2, 0.25) is 0 Å². The minimum Gasteiger partial charge on any atom is -0.393 e. The summed E-state index contributed by atoms with van der Waals surface area (Å²) >= 11 is 0. The van der Waals surface area contributed by atoms with E-state index in [9.17, 15) is 5.11 Å². The molecule has 3 saturated heterocycles. The number of aliphatic hydroxyl groups excluding tert-OH is 1. The molecule has 3 fully saturated rings. The van der Waals surface area contributed by atoms with Crippen LogP contribution in [0.3, 0.4) is 0 Å². The van der Waals surface area contributed by atoms with Gasteiger partial charge in [-0.25, -0.2) is 0 Å². The predicted octanol–water partition coefficient (Wildman–Crippen LogP) is -0.409. The van der Waals surface area contributed by atoms with Crippen LogP contribution in [0.4, 0.5) is 0 Å². The lowest BCUT2D eigenvalue weighted by molar-refractivity contribution is 0.00149. The van der Waals surface area contributed by atoms with Crippen molar-refractivity contribution in [3.8, 4) is 0 Å². The summed E-state index contributed by atoms with van der Waals surface area (Å²) in [4.78, 5) is 2.38. The molecule has 3 heterocycles. The van der Waals surface area contributed by atoms with Crippen molar-refractivity contribution >= 4 is 0 Å². The minimum absolute atomic E-state index is 0.0717. The maximum Gasteiger partial charge on any atom is 0.101 e. The number of fused-ring (bicyclic) bond motifs is 5. The van der Waals surface area contributed by atoms with Gasteiger partial charge in [0.15, 0.2) is 0 Å². The lowest BCUT2D eigenvalue weighted by atomic mass is 10.00. The standard InChI is InChI=1S/C8H13NO2/c1-9-5-2-4(10)3-6(9)8-7(5)11-8/h4-8,10H,2-3H2,1H3/t4?,5-,6+,7+,8-. The van der Waals surface area contributed by atoms with Gasteiger partial charge in [-0.15, -0.1) is 0 Å². The highest BCUT2D eigenvalue weighted by molar-refractivity contribution is 5.13. The quantitative estimate of drug-likeness (QED) is 0.483. The second-order valence-electron chi connectivity index (χ2n) is 3.99. The molecule has 0 saturated carbocycles. The summed E-state index contributed by atoms with van der Waals surface area (Å²) in [7, 11) is 2.15. The molecule has 0 aromatic carbocycles. The van der Waals surface area contributed by atoms with Gasteiger partial charge in [-0.05, 0) is 19.9 Å². The number of morpholine rings is 1. The van der Waals surface area contributed by atoms with Crippen molar-refractivity contribution in [2.75, 3.05) is 7.05 Å². The van der Waals surface area contributed by atoms with Gasteiger partial charge in [0, 0.05) is 12.1 Å². The summed E-state index contributed by atoms with van der Waals surface area (Å²) in [6.07, 6.45) is 2.67. The van der Waals surface area contributed by atoms with Crippen molar-refractivity contribution in [1.82, 2.24) is 4.90 Å². The Balaban J connectivity index is 1.90. The number of ether oxygens (including phenoxy) is 1. The monoisotopic (exact) mass is 155 g/mol. The second kappa shape index (κ2) is 1.79. The summed E-state index contributed by atoms with van der Waals surface area (Å²) in [5.41, 5.74) is 0. The first-order chi connectivity index (χ1) is 5.27. The van der Waals surface area contributed by atoms with Gasteiger partial charge < -0.3 is 9.84 Å². The van der Waals surface area contributed by atoms with Crippen molar-refractivity contribution in [3.05, 3.63) is 0 Å². The van der Waals surface area contributed by atoms with E-state index in [-0.39, 0.29) is 6.10 Å². The lowest BCUT2D eigenvalue weighted by Gasteiger charge is -2.36. The maximum absolute atomic E-state index is 9.46. The largest absolute Gasteiger partial charge is 0.393 e. The van der Waals surface area contributed by atoms with E-state index in [0.29, 0.717) is 24.3 Å². The zero-order chi connectivity index (χ0) is 7.59. The maximum atomic E-state index is 9.46. The number of epoxide rings is 1. The average Bonchev–Trinajstić information content (AvgIpc) is 2.66. The van der Waals surface area contributed by atoms with Gasteiger partial charge in [0.2, 0.25) is 0 Å². The molecular formula is C8H13NO2. The minimum atomic E-state index is -0.0717. The molecule has 2 bridgehead atoms. The number of piperidine rings is 1. The van der Waals surface area contributed by atoms with E-state index in [0.717, 1.165) is 12.8 Å². The fraction of sp³-hybridized carbons (Fsp3) is 1.00. The van der Waals surface area contributed by atoms with Gasteiger partial charge in [0.25, 0.3) is 0 Å². The van der Waals surface area contributed by atoms with Crippen LogP contribution in [0.15, 0.2) is 0 Å². The van der Waals surface area contributed by atoms with E-state index in [1.807, 2.05) is 0 Å². The van der Waals surface area contributed by atoms with Crippen LogP contribution in [0.1, 0.15) is 12.8 Å². The van der Waals surface area contributed by atoms with E-state index in [2.05, 4.69) is 11.9 Å². The fourth-order valence-electron chi connectivity index (χ4n) is 2.72. The SMILES string of the molecule is CN1[C@@H]2CC(O)C[C@H]1[C@H]1O[C@H]12. The highest BCUT2D eigenvalue weighted by Crippen LogP contribution is 2.47. The molecule has 62 valence electrons. The van der Waals surface area contributed by atoms with Gasteiger partial charge in [-0.1, -0.05) is 0 Å². The third-order valence-corrected chi connectivity index (χ3v) is 3.39. The van der Waals surface area contributed by atoms with Gasteiger partial charge >= 0.3 is 0 Å². The normalized spacial score (nSPS) is 61.1. The van der Waals surface area contributed by atoms with Crippen LogP contribution in [0.25, 0.3) is 0 Å². The molecule has 11 heavy (non-hydrogen) atoms. The van der Waals surface area contributed by atoms with E-state index in [4.69, 9.17) is 4.74 Å². The van der Waals surface area contributed by atoms with E-state index >= 15 is 0 Å². The van der Waals surface area contributed by atoms with E-state index in [1.54, 1.807) is 0 Å². The molecule has 1 unspecified atom stereocenters. The molecule has 0 aromatic rings. The van der Waals surface area contributed by atoms with Crippen molar-refractivity contribution in [3.63, 3.8) is 0 Å². The Morgan fingerprint density at radius 2 is 1.82 bits per heavy atom. The lowest BCUT2D eigenvalue weighted by Crippen LogP contribution is -2.46. The zero-order valence-electron chi connectivity index (χ0n) is 6.60. The van der Waals surface area contributed by atoms with Crippen LogP contribution in [0.5, 0.6) is 0 Å². The first kappa shape index (κ1) is 6.40. The summed E-state index contributed by atoms with van der Waals surface area (Å²) in [6.45, 7) is 0. The smallest absolute Gasteiger partial charge is 0.101 e. The van der Waals surface area contributed by atoms with Crippen molar-refractivity contribution in [2.24, 2.45) is 0 Å². The topological polar surface area (TPSA) is 36.0 Å². The molecule has 0 radical (unpaired) electrons. The molecule has 0 aliphatic carbocycles. The van der Waals surface area contributed by atoms with Crippen LogP contribution in [0, 0.1) is 0 Å². The number of aliphatic hydroxyl groups is 1. The first-order valence-electron chi connectivity index (χ1n) is 4.33. The third kappa shape index (κ3) is 0.687. The molecular weight excluding hydrogens is 142 g/mol. The summed E-state index contributed by atoms with van der Waals surface area (Å²) in [6, 6.07) is 1.02. The molecule has 5 atom stereocenters. The number of likely N-dealkylation sites (N-methyl/N-ethyl adjacent to an activating group) is 1. The number of hydrogen-bond donors (Lipinski definition) is 1. The molecule has 1 N–H and O–H groups in total. The van der Waals surface area contributed by atoms with Gasteiger partial charge in [0.05, 0.1) is 6.10 Å². The molecule has 0 amide bonds. The summed E-state index contributed by atoms with van der Waals surface area (Å²) < 4.78 is 5.49. The Hall–Kier alpha value is -0.120. The van der Waals surface area contributed by atoms with Gasteiger partial charge in [0.1, 0.15) is 12.2 Å². The van der Waals surface area contributed by atoms with Crippen molar-refractivity contribution in [2.45, 2.75) is 43.2 Å². The third-order valence-electron chi connectivity index (χ3n) is 3.39. The Morgan fingerprint density at radius 3 is 2.36 bits per heavy atom. The van der Waals surface area contributed by atoms with Gasteiger partial charge in [-0.3, -0.25) is 4.90 Å². The molecule has 0 spiro atoms. The molecule has 0 aromatic heterocycles. The zero-order valence-corrected chi connectivity index (χ0v) is 6.60. The predicted molar refractivity (Wildman–Crippen MR) is 39.2 cm³/mol. The molecule has 3 nitrogen and oxygen atoms in total. The summed E-state index contributed by atoms with van der Waals surface area (Å²) in [5, 5.41) is 9.46. The Kier molecular flexibility index (Phi) is 1.04. The average molecular weight is 155 g/mol. The molecule has 3 aliphatic heterocycles. The van der Waals surface area contributed by atoms with Crippen molar-refractivity contribution < 1.29 is 9.84 Å². The number of rotatable bonds is 0. The van der Waals surface area contributed by atoms with E-state index < -0.39 is 0 Å². The van der Waals surface area contributed by atoms with E-state index in [1.165, 1.54) is 0 Å². The molecule has 3 rings (SSSR count). The highest BCUT2D eigenvalue weighted by Gasteiger charge is 2.62. The van der Waals surface area contributed by atoms with Gasteiger partial charge in [-0.2, -0.15) is 0 Å². The van der Waals surface area contributed by atoms with Crippen LogP contribution in [-0.2, 0) is 4.74 Å². The van der Waals surface area contributed by atoms with Crippen molar-refractivity contribution in [1.29, 1.82) is 0 Å². The van der Waals surface area contributed by atoms with Crippen LogP contribution >= 0.6 is 0 Å². The Labute approximate surface area is 65.9 Å². The fourth-order valence-corrected chi connectivity index (χ4v) is 2.72.